The topological polar surface area (TPSA) is 80.9 Å². The first-order chi connectivity index (χ1) is 19.7. The average molecular weight is 545 g/mol. The van der Waals surface area contributed by atoms with Crippen LogP contribution in [0.25, 0.3) is 27.8 Å². The van der Waals surface area contributed by atoms with E-state index in [2.05, 4.69) is 32.9 Å². The van der Waals surface area contributed by atoms with Gasteiger partial charge in [-0.2, -0.15) is 0 Å². The molecule has 0 aliphatic carbocycles. The summed E-state index contributed by atoms with van der Waals surface area (Å²) in [7, 11) is 0. The summed E-state index contributed by atoms with van der Waals surface area (Å²) >= 11 is 0. The number of rotatable bonds is 10. The number of hydrogen-bond donors (Lipinski definition) is 4. The van der Waals surface area contributed by atoms with Gasteiger partial charge in [-0.3, -0.25) is 0 Å². The van der Waals surface area contributed by atoms with Crippen LogP contribution in [0.4, 0.5) is 0 Å². The third kappa shape index (κ3) is 7.68. The predicted octanol–water partition coefficient (Wildman–Crippen LogP) is 8.91. The molecule has 0 bridgehead atoms. The highest BCUT2D eigenvalue weighted by Crippen LogP contribution is 2.36. The number of allylic oxidation sites excluding steroid dienone is 5. The summed E-state index contributed by atoms with van der Waals surface area (Å²) in [6.07, 6.45) is 9.04. The molecule has 0 atom stereocenters. The van der Waals surface area contributed by atoms with Gasteiger partial charge in [-0.05, 0) is 112 Å². The largest absolute Gasteiger partial charge is 0.508 e. The van der Waals surface area contributed by atoms with Crippen molar-refractivity contribution in [3.05, 3.63) is 152 Å². The number of aromatic hydroxyl groups is 4. The molecule has 0 aromatic heterocycles. The van der Waals surface area contributed by atoms with Gasteiger partial charge in [0.05, 0.1) is 0 Å². The highest BCUT2D eigenvalue weighted by atomic mass is 16.3. The van der Waals surface area contributed by atoms with Gasteiger partial charge in [0.15, 0.2) is 0 Å². The Bertz CT molecular complexity index is 1590. The molecule has 0 heterocycles. The van der Waals surface area contributed by atoms with Crippen LogP contribution in [0.5, 0.6) is 23.0 Å². The van der Waals surface area contributed by atoms with E-state index in [4.69, 9.17) is 0 Å². The highest BCUT2D eigenvalue weighted by Gasteiger charge is 2.12. The second-order valence-corrected chi connectivity index (χ2v) is 9.47. The fourth-order valence-corrected chi connectivity index (χ4v) is 4.46. The van der Waals surface area contributed by atoms with E-state index in [0.717, 1.165) is 50.9 Å². The molecule has 208 valence electrons. The predicted molar refractivity (Wildman–Crippen MR) is 171 cm³/mol. The molecule has 0 saturated heterocycles. The van der Waals surface area contributed by atoms with E-state index in [9.17, 15) is 20.4 Å². The third-order valence-electron chi connectivity index (χ3n) is 6.57. The van der Waals surface area contributed by atoms with Gasteiger partial charge in [0.25, 0.3) is 0 Å². The van der Waals surface area contributed by atoms with E-state index in [1.807, 2.05) is 36.4 Å². The zero-order valence-corrected chi connectivity index (χ0v) is 23.2. The van der Waals surface area contributed by atoms with Gasteiger partial charge in [0.2, 0.25) is 0 Å². The zero-order chi connectivity index (χ0) is 29.9. The molecule has 0 radical (unpaired) electrons. The van der Waals surface area contributed by atoms with Crippen LogP contribution < -0.4 is 0 Å². The summed E-state index contributed by atoms with van der Waals surface area (Å²) < 4.78 is 0. The molecule has 4 rings (SSSR count). The van der Waals surface area contributed by atoms with Crippen LogP contribution >= 0.6 is 0 Å². The van der Waals surface area contributed by atoms with Gasteiger partial charge in [-0.1, -0.05) is 61.7 Å². The molecule has 0 aliphatic heterocycles. The first kappa shape index (κ1) is 30.3. The zero-order valence-electron chi connectivity index (χ0n) is 23.2. The summed E-state index contributed by atoms with van der Waals surface area (Å²) in [6, 6.07) is 21.1. The Kier molecular flexibility index (Phi) is 10.5. The first-order valence-electron chi connectivity index (χ1n) is 13.2. The minimum atomic E-state index is 0.158. The Balaban J connectivity index is 0.000000226. The molecule has 0 amide bonds. The molecule has 4 aromatic rings. The minimum Gasteiger partial charge on any atom is -0.508 e. The molecule has 0 spiro atoms. The fourth-order valence-electron chi connectivity index (χ4n) is 4.46. The third-order valence-corrected chi connectivity index (χ3v) is 6.57. The van der Waals surface area contributed by atoms with Crippen molar-refractivity contribution in [2.24, 2.45) is 0 Å². The molecule has 4 heteroatoms. The van der Waals surface area contributed by atoms with E-state index in [0.29, 0.717) is 18.4 Å². The van der Waals surface area contributed by atoms with Crippen LogP contribution in [-0.4, -0.2) is 20.4 Å². The maximum Gasteiger partial charge on any atom is 0.123 e. The maximum atomic E-state index is 10.2. The van der Waals surface area contributed by atoms with Crippen molar-refractivity contribution < 1.29 is 20.4 Å². The van der Waals surface area contributed by atoms with Crippen LogP contribution in [0.15, 0.2) is 130 Å². The molecule has 0 unspecified atom stereocenters. The van der Waals surface area contributed by atoms with Gasteiger partial charge in [-0.15, -0.1) is 19.7 Å². The lowest BCUT2D eigenvalue weighted by Crippen LogP contribution is -1.90. The number of phenolic OH excluding ortho intramolecular Hbond substituents is 4. The van der Waals surface area contributed by atoms with Crippen LogP contribution in [-0.2, 0) is 19.3 Å². The van der Waals surface area contributed by atoms with Crippen molar-refractivity contribution in [2.45, 2.75) is 19.3 Å². The summed E-state index contributed by atoms with van der Waals surface area (Å²) in [4.78, 5) is 0. The van der Waals surface area contributed by atoms with Crippen LogP contribution in [0.3, 0.4) is 0 Å². The average Bonchev–Trinajstić information content (AvgIpc) is 2.97. The highest BCUT2D eigenvalue weighted by molar-refractivity contribution is 5.81. The summed E-state index contributed by atoms with van der Waals surface area (Å²) in [5, 5.41) is 39.4. The second-order valence-electron chi connectivity index (χ2n) is 9.47. The van der Waals surface area contributed by atoms with E-state index in [1.54, 1.807) is 60.7 Å². The maximum absolute atomic E-state index is 10.2. The molecule has 0 saturated carbocycles. The van der Waals surface area contributed by atoms with Gasteiger partial charge < -0.3 is 20.4 Å². The van der Waals surface area contributed by atoms with Gasteiger partial charge in [0, 0.05) is 5.56 Å². The number of benzene rings is 4. The van der Waals surface area contributed by atoms with Crippen molar-refractivity contribution in [2.75, 3.05) is 0 Å². The molecule has 0 aliphatic rings. The van der Waals surface area contributed by atoms with Crippen molar-refractivity contribution in [1.82, 2.24) is 0 Å². The summed E-state index contributed by atoms with van der Waals surface area (Å²) in [5.74, 6) is 0.807. The lowest BCUT2D eigenvalue weighted by atomic mass is 9.94. The fraction of sp³-hybridized carbons (Fsp3) is 0.0811. The molecule has 4 nitrogen and oxygen atoms in total. The molecule has 4 N–H and O–H groups in total. The minimum absolute atomic E-state index is 0.158. The Morgan fingerprint density at radius 1 is 0.537 bits per heavy atom. The molecule has 0 fully saturated rings. The van der Waals surface area contributed by atoms with Crippen molar-refractivity contribution in [3.63, 3.8) is 0 Å². The Hall–Kier alpha value is -5.22. The van der Waals surface area contributed by atoms with Crippen LogP contribution in [0, 0.1) is 0 Å². The Morgan fingerprint density at radius 3 is 1.66 bits per heavy atom. The van der Waals surface area contributed by atoms with Gasteiger partial charge in [-0.25, -0.2) is 0 Å². The van der Waals surface area contributed by atoms with E-state index in [-0.39, 0.29) is 23.0 Å². The monoisotopic (exact) mass is 544 g/mol. The van der Waals surface area contributed by atoms with E-state index in [1.165, 1.54) is 0 Å². The van der Waals surface area contributed by atoms with Crippen LogP contribution in [0.1, 0.15) is 22.3 Å². The Morgan fingerprint density at radius 2 is 1.07 bits per heavy atom. The van der Waals surface area contributed by atoms with E-state index < -0.39 is 0 Å². The molecular formula is C37H36O4. The lowest BCUT2D eigenvalue weighted by molar-refractivity contribution is 0.469. The first-order valence-corrected chi connectivity index (χ1v) is 13.2. The van der Waals surface area contributed by atoms with Gasteiger partial charge >= 0.3 is 0 Å². The number of phenols is 4. The Labute approximate surface area is 242 Å². The molecular weight excluding hydrogens is 508 g/mol. The molecule has 41 heavy (non-hydrogen) atoms. The quantitative estimate of drug-likeness (QED) is 0.119. The van der Waals surface area contributed by atoms with Crippen LogP contribution in [0.2, 0.25) is 0 Å². The van der Waals surface area contributed by atoms with Crippen molar-refractivity contribution in [3.8, 4) is 45.3 Å². The van der Waals surface area contributed by atoms with Crippen molar-refractivity contribution >= 4 is 5.57 Å². The summed E-state index contributed by atoms with van der Waals surface area (Å²) in [6.45, 7) is 18.8. The smallest absolute Gasteiger partial charge is 0.123 e. The molecule has 4 aromatic carbocycles. The van der Waals surface area contributed by atoms with Crippen molar-refractivity contribution in [1.29, 1.82) is 0 Å². The van der Waals surface area contributed by atoms with Gasteiger partial charge in [0.1, 0.15) is 23.0 Å². The summed E-state index contributed by atoms with van der Waals surface area (Å²) in [5.41, 5.74) is 7.92. The van der Waals surface area contributed by atoms with E-state index >= 15 is 0 Å². The number of hydrogen-bond acceptors (Lipinski definition) is 4. The second kappa shape index (κ2) is 14.2. The lowest BCUT2D eigenvalue weighted by Gasteiger charge is -2.12. The normalized spacial score (nSPS) is 10.1. The SMILES string of the molecule is C=CCc1cc(-c2cc(O)ccc2CC=C)ccc1O.C=CCc1ccc(O)cc1-c1cc(C(=C)C=C)ccc1O. The standard InChI is InChI=1S/C19H18O2.C18H18O2/c1-4-6-14-7-9-16(20)12-17(14)18-11-15(13(3)5-2)8-10-19(18)21;1-3-5-13-7-9-16(19)12-17(13)14-8-10-18(20)15(11-14)6-4-2/h4-5,7-12,20-21H,1-3,6H2;3-4,7-12,19-20H,1-2,5-6H2.